The molecule has 0 spiro atoms. The van der Waals surface area contributed by atoms with E-state index in [1.165, 1.54) is 11.8 Å². The molecule has 0 atom stereocenters. The van der Waals surface area contributed by atoms with Gasteiger partial charge in [0.15, 0.2) is 0 Å². The summed E-state index contributed by atoms with van der Waals surface area (Å²) in [5.74, 6) is -0.201. The van der Waals surface area contributed by atoms with Gasteiger partial charge in [0, 0.05) is 21.8 Å². The molecule has 8 heteroatoms. The van der Waals surface area contributed by atoms with Gasteiger partial charge in [-0.3, -0.25) is 4.79 Å². The Morgan fingerprint density at radius 3 is 2.32 bits per heavy atom. The zero-order valence-corrected chi connectivity index (χ0v) is 20.6. The van der Waals surface area contributed by atoms with E-state index in [1.54, 1.807) is 30.3 Å². The molecule has 0 saturated carbocycles. The molecule has 34 heavy (non-hydrogen) atoms. The molecule has 1 aromatic heterocycles. The third kappa shape index (κ3) is 5.72. The maximum atomic E-state index is 12.6. The van der Waals surface area contributed by atoms with Crippen molar-refractivity contribution in [2.24, 2.45) is 0 Å². The average Bonchev–Trinajstić information content (AvgIpc) is 2.85. The normalized spacial score (nSPS) is 10.5. The van der Waals surface area contributed by atoms with Crippen molar-refractivity contribution in [2.45, 2.75) is 5.03 Å². The van der Waals surface area contributed by atoms with Crippen molar-refractivity contribution >= 4 is 58.2 Å². The number of aromatic nitrogens is 1. The van der Waals surface area contributed by atoms with Crippen LogP contribution in [-0.2, 0) is 4.79 Å². The molecule has 0 radical (unpaired) electrons. The Hall–Kier alpha value is -3.01. The number of amides is 1. The van der Waals surface area contributed by atoms with Crippen LogP contribution in [0.25, 0.3) is 22.4 Å². The smallest absolute Gasteiger partial charge is 0.234 e. The third-order valence-corrected chi connectivity index (χ3v) is 6.83. The van der Waals surface area contributed by atoms with E-state index in [0.29, 0.717) is 37.0 Å². The molecule has 0 saturated heterocycles. The largest absolute Gasteiger partial charge is 0.325 e. The minimum absolute atomic E-state index is 0.0558. The first kappa shape index (κ1) is 24.1. The molecule has 168 valence electrons. The molecule has 3 aromatic carbocycles. The Bertz CT molecular complexity index is 1390. The van der Waals surface area contributed by atoms with Crippen molar-refractivity contribution in [2.75, 3.05) is 11.1 Å². The third-order valence-electron chi connectivity index (χ3n) is 4.87. The van der Waals surface area contributed by atoms with E-state index >= 15 is 0 Å². The van der Waals surface area contributed by atoms with Crippen LogP contribution in [-0.4, -0.2) is 16.6 Å². The van der Waals surface area contributed by atoms with E-state index in [0.717, 1.165) is 16.7 Å². The zero-order valence-electron chi connectivity index (χ0n) is 17.6. The first-order chi connectivity index (χ1) is 16.4. The Kier molecular flexibility index (Phi) is 7.77. The minimum atomic E-state index is -0.257. The molecule has 1 amide bonds. The summed E-state index contributed by atoms with van der Waals surface area (Å²) in [5, 5.41) is 14.6. The fourth-order valence-electron chi connectivity index (χ4n) is 3.25. The molecule has 0 unspecified atom stereocenters. The first-order valence-electron chi connectivity index (χ1n) is 10.1. The monoisotopic (exact) mass is 523 g/mol. The van der Waals surface area contributed by atoms with Crippen LogP contribution in [0.1, 0.15) is 5.56 Å². The molecule has 0 bridgehead atoms. The highest BCUT2D eigenvalue weighted by Crippen LogP contribution is 2.35. The van der Waals surface area contributed by atoms with Gasteiger partial charge in [-0.25, -0.2) is 4.98 Å². The van der Waals surface area contributed by atoms with Gasteiger partial charge in [-0.1, -0.05) is 89.0 Å². The van der Waals surface area contributed by atoms with Gasteiger partial charge in [0.05, 0.1) is 27.1 Å². The lowest BCUT2D eigenvalue weighted by Gasteiger charge is -2.13. The minimum Gasteiger partial charge on any atom is -0.325 e. The number of halogens is 3. The lowest BCUT2D eigenvalue weighted by atomic mass is 9.99. The summed E-state index contributed by atoms with van der Waals surface area (Å²) >= 11 is 19.2. The van der Waals surface area contributed by atoms with E-state index in [2.05, 4.69) is 11.4 Å². The number of thioether (sulfide) groups is 1. The number of hydrogen-bond donors (Lipinski definition) is 1. The van der Waals surface area contributed by atoms with Gasteiger partial charge in [-0.15, -0.1) is 0 Å². The fourth-order valence-corrected chi connectivity index (χ4v) is 4.48. The number of anilines is 1. The molecule has 0 aliphatic carbocycles. The maximum absolute atomic E-state index is 12.6. The van der Waals surface area contributed by atoms with Crippen LogP contribution in [0.5, 0.6) is 0 Å². The van der Waals surface area contributed by atoms with Crippen molar-refractivity contribution in [3.63, 3.8) is 0 Å². The molecule has 4 aromatic rings. The Morgan fingerprint density at radius 2 is 1.65 bits per heavy atom. The second-order valence-electron chi connectivity index (χ2n) is 7.19. The van der Waals surface area contributed by atoms with Crippen molar-refractivity contribution < 1.29 is 4.79 Å². The first-order valence-corrected chi connectivity index (χ1v) is 12.2. The standard InChI is InChI=1S/C26H16Cl3N3OS/c27-18-8-6-16(7-9-18)20-13-24(17-4-2-1-3-5-17)32-26(21(20)14-30)34-15-25(33)31-19-10-11-22(28)23(29)12-19/h1-13H,15H2,(H,31,33). The Balaban J connectivity index is 1.67. The van der Waals surface area contributed by atoms with Gasteiger partial charge in [-0.2, -0.15) is 5.26 Å². The predicted molar refractivity (Wildman–Crippen MR) is 141 cm³/mol. The van der Waals surface area contributed by atoms with Gasteiger partial charge in [0.2, 0.25) is 5.91 Å². The van der Waals surface area contributed by atoms with E-state index in [-0.39, 0.29) is 11.7 Å². The summed E-state index contributed by atoms with van der Waals surface area (Å²) in [7, 11) is 0. The number of hydrogen-bond acceptors (Lipinski definition) is 4. The number of pyridine rings is 1. The number of nitrogens with zero attached hydrogens (tertiary/aromatic N) is 2. The number of carbonyl (C=O) groups excluding carboxylic acids is 1. The summed E-state index contributed by atoms with van der Waals surface area (Å²) in [6.45, 7) is 0. The second kappa shape index (κ2) is 10.9. The molecule has 4 rings (SSSR count). The second-order valence-corrected chi connectivity index (χ2v) is 9.40. The van der Waals surface area contributed by atoms with Crippen molar-refractivity contribution in [3.05, 3.63) is 99.5 Å². The Labute approximate surface area is 216 Å². The SMILES string of the molecule is N#Cc1c(-c2ccc(Cl)cc2)cc(-c2ccccc2)nc1SCC(=O)Nc1ccc(Cl)c(Cl)c1. The fraction of sp³-hybridized carbons (Fsp3) is 0.0385. The van der Waals surface area contributed by atoms with Crippen LogP contribution < -0.4 is 5.32 Å². The van der Waals surface area contributed by atoms with Crippen LogP contribution in [0.2, 0.25) is 15.1 Å². The number of nitrogens with one attached hydrogen (secondary N) is 1. The van der Waals surface area contributed by atoms with E-state index in [4.69, 9.17) is 39.8 Å². The molecular weight excluding hydrogens is 509 g/mol. The summed E-state index contributed by atoms with van der Waals surface area (Å²) < 4.78 is 0. The number of carbonyl (C=O) groups is 1. The maximum Gasteiger partial charge on any atom is 0.234 e. The van der Waals surface area contributed by atoms with Gasteiger partial charge < -0.3 is 5.32 Å². The van der Waals surface area contributed by atoms with E-state index < -0.39 is 0 Å². The average molecular weight is 525 g/mol. The van der Waals surface area contributed by atoms with Gasteiger partial charge in [0.1, 0.15) is 11.1 Å². The molecule has 0 aliphatic heterocycles. The molecule has 0 aliphatic rings. The summed E-state index contributed by atoms with van der Waals surface area (Å²) in [6.07, 6.45) is 0. The molecular formula is C26H16Cl3N3OS. The highest BCUT2D eigenvalue weighted by atomic mass is 35.5. The topological polar surface area (TPSA) is 65.8 Å². The predicted octanol–water partition coefficient (Wildman–Crippen LogP) is 7.98. The highest BCUT2D eigenvalue weighted by molar-refractivity contribution is 8.00. The molecule has 1 N–H and O–H groups in total. The van der Waals surface area contributed by atoms with E-state index in [9.17, 15) is 10.1 Å². The number of rotatable bonds is 6. The van der Waals surface area contributed by atoms with Crippen LogP contribution >= 0.6 is 46.6 Å². The Morgan fingerprint density at radius 1 is 0.912 bits per heavy atom. The lowest BCUT2D eigenvalue weighted by molar-refractivity contribution is -0.113. The van der Waals surface area contributed by atoms with Crippen LogP contribution in [0, 0.1) is 11.3 Å². The molecule has 1 heterocycles. The number of nitriles is 1. The van der Waals surface area contributed by atoms with Gasteiger partial charge in [0.25, 0.3) is 0 Å². The summed E-state index contributed by atoms with van der Waals surface area (Å²) in [5.41, 5.74) is 4.10. The van der Waals surface area contributed by atoms with Crippen molar-refractivity contribution in [1.29, 1.82) is 5.26 Å². The molecule has 0 fully saturated rings. The van der Waals surface area contributed by atoms with Crippen LogP contribution in [0.4, 0.5) is 5.69 Å². The van der Waals surface area contributed by atoms with Gasteiger partial charge in [-0.05, 0) is 42.0 Å². The molecule has 4 nitrogen and oxygen atoms in total. The summed E-state index contributed by atoms with van der Waals surface area (Å²) in [4.78, 5) is 17.3. The summed E-state index contributed by atoms with van der Waals surface area (Å²) in [6, 6.07) is 26.0. The van der Waals surface area contributed by atoms with Crippen molar-refractivity contribution in [3.8, 4) is 28.5 Å². The highest BCUT2D eigenvalue weighted by Gasteiger charge is 2.17. The van der Waals surface area contributed by atoms with Crippen LogP contribution in [0.15, 0.2) is 83.9 Å². The van der Waals surface area contributed by atoms with Gasteiger partial charge >= 0.3 is 0 Å². The van der Waals surface area contributed by atoms with Crippen molar-refractivity contribution in [1.82, 2.24) is 4.98 Å². The lowest BCUT2D eigenvalue weighted by Crippen LogP contribution is -2.14. The quantitative estimate of drug-likeness (QED) is 0.260. The van der Waals surface area contributed by atoms with Crippen LogP contribution in [0.3, 0.4) is 0 Å². The number of benzene rings is 3. The zero-order chi connectivity index (χ0) is 24.1. The van der Waals surface area contributed by atoms with E-state index in [1.807, 2.05) is 48.5 Å².